The number of hydrogen-bond donors (Lipinski definition) is 1. The topological polar surface area (TPSA) is 53.8 Å². The first-order chi connectivity index (χ1) is 12.2. The Morgan fingerprint density at radius 2 is 1.88 bits per heavy atom. The van der Waals surface area contributed by atoms with Gasteiger partial charge in [-0.15, -0.1) is 0 Å². The van der Waals surface area contributed by atoms with E-state index >= 15 is 0 Å². The van der Waals surface area contributed by atoms with Gasteiger partial charge in [0.05, 0.1) is 0 Å². The molecule has 0 radical (unpaired) electrons. The molecule has 126 valence electrons. The lowest BCUT2D eigenvalue weighted by Crippen LogP contribution is -2.25. The fourth-order valence-corrected chi connectivity index (χ4v) is 3.23. The van der Waals surface area contributed by atoms with Crippen molar-refractivity contribution in [2.75, 3.05) is 11.4 Å². The summed E-state index contributed by atoms with van der Waals surface area (Å²) in [6, 6.07) is 17.4. The van der Waals surface area contributed by atoms with Gasteiger partial charge in [0.15, 0.2) is 0 Å². The van der Waals surface area contributed by atoms with Crippen LogP contribution >= 0.6 is 0 Å². The summed E-state index contributed by atoms with van der Waals surface area (Å²) in [6.45, 7) is 1.24. The standard InChI is InChI=1S/C20H19N3O2/c24-19-5-3-13-23(19)17-8-6-15(7-9-17)14-21-20(25)18-11-10-16-4-1-2-12-22(16)18/h1-2,4,6-12H,3,5,13-14H2,(H,21,25). The first-order valence-corrected chi connectivity index (χ1v) is 8.46. The molecule has 0 spiro atoms. The SMILES string of the molecule is O=C(NCc1ccc(N2CCCC2=O)cc1)c1ccc2ccccn12. The summed E-state index contributed by atoms with van der Waals surface area (Å²) < 4.78 is 1.87. The maximum atomic E-state index is 12.4. The summed E-state index contributed by atoms with van der Waals surface area (Å²) in [5.41, 5.74) is 3.54. The Kier molecular flexibility index (Phi) is 3.98. The molecule has 5 nitrogen and oxygen atoms in total. The molecular weight excluding hydrogens is 314 g/mol. The number of amides is 2. The summed E-state index contributed by atoms with van der Waals surface area (Å²) in [5.74, 6) is 0.0751. The van der Waals surface area contributed by atoms with Crippen molar-refractivity contribution in [1.82, 2.24) is 9.72 Å². The average molecular weight is 333 g/mol. The van der Waals surface area contributed by atoms with Crippen molar-refractivity contribution in [2.24, 2.45) is 0 Å². The van der Waals surface area contributed by atoms with Crippen LogP contribution in [0.4, 0.5) is 5.69 Å². The van der Waals surface area contributed by atoms with Crippen LogP contribution in [0.25, 0.3) is 5.52 Å². The Hall–Kier alpha value is -3.08. The van der Waals surface area contributed by atoms with E-state index in [2.05, 4.69) is 5.32 Å². The van der Waals surface area contributed by atoms with E-state index in [0.29, 0.717) is 18.7 Å². The molecule has 4 rings (SSSR count). The number of nitrogens with one attached hydrogen (secondary N) is 1. The molecule has 1 saturated heterocycles. The smallest absolute Gasteiger partial charge is 0.268 e. The number of carbonyl (C=O) groups is 2. The largest absolute Gasteiger partial charge is 0.347 e. The highest BCUT2D eigenvalue weighted by Crippen LogP contribution is 2.21. The summed E-state index contributed by atoms with van der Waals surface area (Å²) in [4.78, 5) is 26.0. The first kappa shape index (κ1) is 15.4. The van der Waals surface area contributed by atoms with Crippen molar-refractivity contribution in [3.8, 4) is 0 Å². The lowest BCUT2D eigenvalue weighted by atomic mass is 10.2. The number of nitrogens with zero attached hydrogens (tertiary/aromatic N) is 2. The van der Waals surface area contributed by atoms with Crippen LogP contribution in [0.1, 0.15) is 28.9 Å². The highest BCUT2D eigenvalue weighted by molar-refractivity contribution is 5.95. The van der Waals surface area contributed by atoms with E-state index in [1.54, 1.807) is 0 Å². The van der Waals surface area contributed by atoms with Crippen LogP contribution < -0.4 is 10.2 Å². The number of rotatable bonds is 4. The fourth-order valence-electron chi connectivity index (χ4n) is 3.23. The van der Waals surface area contributed by atoms with Gasteiger partial charge in [-0.05, 0) is 48.4 Å². The van der Waals surface area contributed by atoms with Crippen LogP contribution in [0.3, 0.4) is 0 Å². The molecule has 0 unspecified atom stereocenters. The third-order valence-corrected chi connectivity index (χ3v) is 4.57. The second kappa shape index (κ2) is 6.43. The zero-order valence-electron chi connectivity index (χ0n) is 13.8. The Labute approximate surface area is 145 Å². The fraction of sp³-hybridized carbons (Fsp3) is 0.200. The predicted molar refractivity (Wildman–Crippen MR) is 96.6 cm³/mol. The van der Waals surface area contributed by atoms with Gasteiger partial charge in [0.2, 0.25) is 5.91 Å². The van der Waals surface area contributed by atoms with E-state index in [1.165, 1.54) is 0 Å². The monoisotopic (exact) mass is 333 g/mol. The molecule has 1 aliphatic heterocycles. The zero-order chi connectivity index (χ0) is 17.2. The minimum Gasteiger partial charge on any atom is -0.347 e. The highest BCUT2D eigenvalue weighted by atomic mass is 16.2. The van der Waals surface area contributed by atoms with E-state index in [9.17, 15) is 9.59 Å². The Morgan fingerprint density at radius 1 is 1.04 bits per heavy atom. The molecule has 0 atom stereocenters. The molecule has 0 bridgehead atoms. The number of fused-ring (bicyclic) bond motifs is 1. The van der Waals surface area contributed by atoms with Gasteiger partial charge < -0.3 is 14.6 Å². The molecule has 3 heterocycles. The summed E-state index contributed by atoms with van der Waals surface area (Å²) >= 11 is 0. The van der Waals surface area contributed by atoms with E-state index in [4.69, 9.17) is 0 Å². The molecule has 0 saturated carbocycles. The molecule has 1 N–H and O–H groups in total. The van der Waals surface area contributed by atoms with Crippen molar-refractivity contribution < 1.29 is 9.59 Å². The molecule has 3 aromatic rings. The van der Waals surface area contributed by atoms with Crippen LogP contribution in [0.15, 0.2) is 60.8 Å². The number of carbonyl (C=O) groups excluding carboxylic acids is 2. The summed E-state index contributed by atoms with van der Waals surface area (Å²) in [7, 11) is 0. The maximum Gasteiger partial charge on any atom is 0.268 e. The Balaban J connectivity index is 1.42. The maximum absolute atomic E-state index is 12.4. The van der Waals surface area contributed by atoms with Gasteiger partial charge in [-0.2, -0.15) is 0 Å². The quantitative estimate of drug-likeness (QED) is 0.798. The minimum atomic E-state index is -0.106. The zero-order valence-corrected chi connectivity index (χ0v) is 13.8. The van der Waals surface area contributed by atoms with E-state index in [0.717, 1.165) is 29.7 Å². The number of aromatic nitrogens is 1. The number of pyridine rings is 1. The molecule has 2 amide bonds. The highest BCUT2D eigenvalue weighted by Gasteiger charge is 2.21. The molecule has 0 aliphatic carbocycles. The van der Waals surface area contributed by atoms with Crippen LogP contribution in [0, 0.1) is 0 Å². The van der Waals surface area contributed by atoms with Gasteiger partial charge in [-0.25, -0.2) is 0 Å². The Morgan fingerprint density at radius 3 is 2.64 bits per heavy atom. The molecule has 1 aromatic carbocycles. The van der Waals surface area contributed by atoms with E-state index in [1.807, 2.05) is 70.1 Å². The molecule has 1 aliphatic rings. The van der Waals surface area contributed by atoms with Crippen LogP contribution in [0.2, 0.25) is 0 Å². The molecule has 25 heavy (non-hydrogen) atoms. The molecule has 2 aromatic heterocycles. The van der Waals surface area contributed by atoms with Gasteiger partial charge in [0.25, 0.3) is 5.91 Å². The molecule has 1 fully saturated rings. The first-order valence-electron chi connectivity index (χ1n) is 8.46. The minimum absolute atomic E-state index is 0.106. The van der Waals surface area contributed by atoms with E-state index in [-0.39, 0.29) is 11.8 Å². The van der Waals surface area contributed by atoms with Crippen molar-refractivity contribution in [1.29, 1.82) is 0 Å². The predicted octanol–water partition coefficient (Wildman–Crippen LogP) is 3.00. The average Bonchev–Trinajstić information content (AvgIpc) is 3.26. The van der Waals surface area contributed by atoms with E-state index < -0.39 is 0 Å². The summed E-state index contributed by atoms with van der Waals surface area (Å²) in [6.07, 6.45) is 3.43. The molecular formula is C20H19N3O2. The van der Waals surface area contributed by atoms with Crippen molar-refractivity contribution in [3.63, 3.8) is 0 Å². The van der Waals surface area contributed by atoms with Gasteiger partial charge in [0, 0.05) is 36.9 Å². The number of anilines is 1. The second-order valence-electron chi connectivity index (χ2n) is 6.21. The lowest BCUT2D eigenvalue weighted by molar-refractivity contribution is -0.117. The van der Waals surface area contributed by atoms with Gasteiger partial charge in [-0.3, -0.25) is 9.59 Å². The third kappa shape index (κ3) is 3.01. The lowest BCUT2D eigenvalue weighted by Gasteiger charge is -2.16. The van der Waals surface area contributed by atoms with Gasteiger partial charge >= 0.3 is 0 Å². The normalized spacial score (nSPS) is 14.2. The van der Waals surface area contributed by atoms with Crippen LogP contribution in [0.5, 0.6) is 0 Å². The number of benzene rings is 1. The van der Waals surface area contributed by atoms with Crippen molar-refractivity contribution >= 4 is 23.0 Å². The van der Waals surface area contributed by atoms with Crippen molar-refractivity contribution in [2.45, 2.75) is 19.4 Å². The third-order valence-electron chi connectivity index (χ3n) is 4.57. The van der Waals surface area contributed by atoms with Crippen LogP contribution in [-0.4, -0.2) is 22.8 Å². The van der Waals surface area contributed by atoms with Gasteiger partial charge in [0.1, 0.15) is 5.69 Å². The van der Waals surface area contributed by atoms with Gasteiger partial charge in [-0.1, -0.05) is 18.2 Å². The molecule has 5 heteroatoms. The van der Waals surface area contributed by atoms with Crippen LogP contribution in [-0.2, 0) is 11.3 Å². The Bertz CT molecular complexity index is 928. The summed E-state index contributed by atoms with van der Waals surface area (Å²) in [5, 5.41) is 2.95. The van der Waals surface area contributed by atoms with Crippen molar-refractivity contribution in [3.05, 3.63) is 72.1 Å². The number of hydrogen-bond acceptors (Lipinski definition) is 2. The second-order valence-corrected chi connectivity index (χ2v) is 6.21.